The molecule has 2 rings (SSSR count). The molecule has 0 fully saturated rings. The van der Waals surface area contributed by atoms with Crippen molar-refractivity contribution in [1.82, 2.24) is 19.4 Å². The first-order chi connectivity index (χ1) is 10.0. The van der Waals surface area contributed by atoms with E-state index in [0.717, 1.165) is 11.5 Å². The molecule has 0 aliphatic heterocycles. The third-order valence-electron chi connectivity index (χ3n) is 2.68. The number of carbonyl (C=O) groups is 2. The number of rotatable bonds is 5. The third-order valence-corrected chi connectivity index (χ3v) is 3.42. The molecule has 1 N–H and O–H groups in total. The Morgan fingerprint density at radius 3 is 2.90 bits per heavy atom. The Kier molecular flexibility index (Phi) is 4.63. The Morgan fingerprint density at radius 1 is 1.48 bits per heavy atom. The molecule has 0 radical (unpaired) electrons. The maximum Gasteiger partial charge on any atom is 0.327 e. The molecular weight excluding hydrogens is 294 g/mol. The average Bonchev–Trinajstić information content (AvgIpc) is 3.07. The van der Waals surface area contributed by atoms with E-state index in [0.29, 0.717) is 16.3 Å². The first-order valence-electron chi connectivity index (χ1n) is 6.24. The summed E-state index contributed by atoms with van der Waals surface area (Å²) in [7, 11) is 1.30. The number of hydrogen-bond acceptors (Lipinski definition) is 7. The van der Waals surface area contributed by atoms with E-state index in [1.807, 2.05) is 13.8 Å². The van der Waals surface area contributed by atoms with Crippen LogP contribution in [-0.2, 0) is 16.1 Å². The first-order valence-corrected chi connectivity index (χ1v) is 7.01. The molecule has 8 nitrogen and oxygen atoms in total. The van der Waals surface area contributed by atoms with Gasteiger partial charge in [0.15, 0.2) is 0 Å². The second-order valence-corrected chi connectivity index (χ2v) is 5.35. The minimum atomic E-state index is -0.412. The molecule has 0 saturated heterocycles. The van der Waals surface area contributed by atoms with Crippen LogP contribution in [0.15, 0.2) is 12.4 Å². The Bertz CT molecular complexity index is 649. The lowest BCUT2D eigenvalue weighted by Gasteiger charge is -2.04. The minimum absolute atomic E-state index is 0.00821. The van der Waals surface area contributed by atoms with Crippen molar-refractivity contribution in [3.05, 3.63) is 23.0 Å². The van der Waals surface area contributed by atoms with Crippen molar-refractivity contribution >= 4 is 29.1 Å². The van der Waals surface area contributed by atoms with Crippen LogP contribution in [0.5, 0.6) is 0 Å². The first kappa shape index (κ1) is 15.1. The zero-order valence-corrected chi connectivity index (χ0v) is 12.7. The summed E-state index contributed by atoms with van der Waals surface area (Å²) in [6.07, 6.45) is 3.02. The monoisotopic (exact) mass is 309 g/mol. The maximum absolute atomic E-state index is 12.2. The van der Waals surface area contributed by atoms with E-state index in [1.54, 1.807) is 6.20 Å². The molecule has 0 unspecified atom stereocenters. The lowest BCUT2D eigenvalue weighted by molar-refractivity contribution is -0.141. The van der Waals surface area contributed by atoms with Crippen LogP contribution in [0.3, 0.4) is 0 Å². The van der Waals surface area contributed by atoms with Gasteiger partial charge in [0.1, 0.15) is 11.4 Å². The maximum atomic E-state index is 12.2. The van der Waals surface area contributed by atoms with Gasteiger partial charge in [0.2, 0.25) is 0 Å². The zero-order valence-electron chi connectivity index (χ0n) is 11.9. The average molecular weight is 309 g/mol. The topological polar surface area (TPSA) is 99.0 Å². The number of nitrogens with zero attached hydrogens (tertiary/aromatic N) is 4. The molecule has 0 aromatic carbocycles. The van der Waals surface area contributed by atoms with Crippen molar-refractivity contribution in [2.75, 3.05) is 12.4 Å². The molecule has 2 heterocycles. The standard InChI is InChI=1S/C12H15N5O3S/c1-7(2)10-11(21-16-15-10)12(19)14-8-4-13-17(5-8)6-9(18)20-3/h4-5,7H,6H2,1-3H3,(H,14,19). The second-order valence-electron chi connectivity index (χ2n) is 4.60. The fraction of sp³-hybridized carbons (Fsp3) is 0.417. The molecule has 21 heavy (non-hydrogen) atoms. The number of hydrogen-bond donors (Lipinski definition) is 1. The number of carbonyl (C=O) groups excluding carboxylic acids is 2. The number of anilines is 1. The Balaban J connectivity index is 2.06. The molecule has 2 aromatic rings. The van der Waals surface area contributed by atoms with Crippen LogP contribution in [0, 0.1) is 0 Å². The van der Waals surface area contributed by atoms with Gasteiger partial charge in [-0.3, -0.25) is 14.3 Å². The molecule has 112 valence electrons. The van der Waals surface area contributed by atoms with Crippen LogP contribution in [0.25, 0.3) is 0 Å². The largest absolute Gasteiger partial charge is 0.468 e. The molecule has 0 aliphatic rings. The van der Waals surface area contributed by atoms with E-state index in [1.165, 1.54) is 18.0 Å². The van der Waals surface area contributed by atoms with E-state index in [9.17, 15) is 9.59 Å². The number of esters is 1. The van der Waals surface area contributed by atoms with Gasteiger partial charge in [0.05, 0.1) is 24.7 Å². The Hall–Kier alpha value is -2.29. The van der Waals surface area contributed by atoms with Gasteiger partial charge in [-0.25, -0.2) is 0 Å². The van der Waals surface area contributed by atoms with E-state index in [2.05, 4.69) is 24.7 Å². The molecule has 0 bridgehead atoms. The summed E-state index contributed by atoms with van der Waals surface area (Å²) in [4.78, 5) is 23.8. The summed E-state index contributed by atoms with van der Waals surface area (Å²) >= 11 is 1.05. The van der Waals surface area contributed by atoms with Crippen LogP contribution in [-0.4, -0.2) is 38.4 Å². The molecule has 2 aromatic heterocycles. The van der Waals surface area contributed by atoms with Crippen LogP contribution in [0.2, 0.25) is 0 Å². The highest BCUT2D eigenvalue weighted by molar-refractivity contribution is 7.08. The SMILES string of the molecule is COC(=O)Cn1cc(NC(=O)c2snnc2C(C)C)cn1. The minimum Gasteiger partial charge on any atom is -0.468 e. The number of ether oxygens (including phenoxy) is 1. The smallest absolute Gasteiger partial charge is 0.327 e. The highest BCUT2D eigenvalue weighted by Gasteiger charge is 2.19. The van der Waals surface area contributed by atoms with Gasteiger partial charge >= 0.3 is 5.97 Å². The van der Waals surface area contributed by atoms with Gasteiger partial charge in [-0.15, -0.1) is 5.10 Å². The van der Waals surface area contributed by atoms with E-state index in [4.69, 9.17) is 0 Å². The Morgan fingerprint density at radius 2 is 2.24 bits per heavy atom. The summed E-state index contributed by atoms with van der Waals surface area (Å²) < 4.78 is 9.74. The van der Waals surface area contributed by atoms with Crippen LogP contribution < -0.4 is 5.32 Å². The van der Waals surface area contributed by atoms with Crippen molar-refractivity contribution in [1.29, 1.82) is 0 Å². The molecule has 1 amide bonds. The van der Waals surface area contributed by atoms with Crippen molar-refractivity contribution in [3.8, 4) is 0 Å². The molecule has 0 spiro atoms. The van der Waals surface area contributed by atoms with Gasteiger partial charge in [0, 0.05) is 6.20 Å². The fourth-order valence-electron chi connectivity index (χ4n) is 1.63. The summed E-state index contributed by atoms with van der Waals surface area (Å²) in [5.74, 6) is -0.581. The number of methoxy groups -OCH3 is 1. The normalized spacial score (nSPS) is 10.7. The lowest BCUT2D eigenvalue weighted by Crippen LogP contribution is -2.13. The van der Waals surface area contributed by atoms with Gasteiger partial charge in [0.25, 0.3) is 5.91 Å². The van der Waals surface area contributed by atoms with Gasteiger partial charge in [-0.1, -0.05) is 18.3 Å². The van der Waals surface area contributed by atoms with Gasteiger partial charge < -0.3 is 10.1 Å². The van der Waals surface area contributed by atoms with Gasteiger partial charge in [-0.2, -0.15) is 5.10 Å². The van der Waals surface area contributed by atoms with Gasteiger partial charge in [-0.05, 0) is 17.5 Å². The Labute approximate surface area is 125 Å². The molecule has 0 saturated carbocycles. The van der Waals surface area contributed by atoms with Crippen molar-refractivity contribution in [3.63, 3.8) is 0 Å². The lowest BCUT2D eigenvalue weighted by atomic mass is 10.1. The van der Waals surface area contributed by atoms with E-state index < -0.39 is 5.97 Å². The summed E-state index contributed by atoms with van der Waals surface area (Å²) in [6, 6.07) is 0. The van der Waals surface area contributed by atoms with Crippen molar-refractivity contribution < 1.29 is 14.3 Å². The molecular formula is C12H15N5O3S. The molecule has 0 aliphatic carbocycles. The quantitative estimate of drug-likeness (QED) is 0.835. The molecule has 0 atom stereocenters. The van der Waals surface area contributed by atoms with Crippen LogP contribution in [0.1, 0.15) is 35.1 Å². The summed E-state index contributed by atoms with van der Waals surface area (Å²) in [5, 5.41) is 10.6. The highest BCUT2D eigenvalue weighted by Crippen LogP contribution is 2.20. The predicted octanol–water partition coefficient (Wildman–Crippen LogP) is 1.28. The number of aromatic nitrogens is 4. The van der Waals surface area contributed by atoms with Crippen LogP contribution in [0.4, 0.5) is 5.69 Å². The zero-order chi connectivity index (χ0) is 15.4. The van der Waals surface area contributed by atoms with Crippen molar-refractivity contribution in [2.45, 2.75) is 26.3 Å². The molecule has 9 heteroatoms. The number of nitrogens with one attached hydrogen (secondary N) is 1. The fourth-order valence-corrected chi connectivity index (χ4v) is 2.35. The third kappa shape index (κ3) is 3.63. The second kappa shape index (κ2) is 6.44. The predicted molar refractivity (Wildman–Crippen MR) is 76.2 cm³/mol. The van der Waals surface area contributed by atoms with Crippen molar-refractivity contribution in [2.24, 2.45) is 0 Å². The summed E-state index contributed by atoms with van der Waals surface area (Å²) in [5.41, 5.74) is 1.16. The van der Waals surface area contributed by atoms with E-state index >= 15 is 0 Å². The highest BCUT2D eigenvalue weighted by atomic mass is 32.1. The number of amides is 1. The van der Waals surface area contributed by atoms with E-state index in [-0.39, 0.29) is 18.4 Å². The summed E-state index contributed by atoms with van der Waals surface area (Å²) in [6.45, 7) is 3.88. The van der Waals surface area contributed by atoms with Crippen LogP contribution >= 0.6 is 11.5 Å².